The molecular weight excluding hydrogens is 1080 g/mol. The zero-order valence-electron chi connectivity index (χ0n) is 51.9. The first-order valence-electron chi connectivity index (χ1n) is 29.5. The van der Waals surface area contributed by atoms with Gasteiger partial charge in [0.25, 0.3) is 0 Å². The van der Waals surface area contributed by atoms with E-state index in [1.165, 1.54) is 37.8 Å². The number of rotatable bonds is 34. The fraction of sp³-hybridized carbons (Fsp3) is 0.712. The first-order valence-corrected chi connectivity index (χ1v) is 29.5. The molecule has 2 rings (SSSR count). The van der Waals surface area contributed by atoms with E-state index in [1.807, 2.05) is 48.5 Å². The van der Waals surface area contributed by atoms with Crippen LogP contribution in [0, 0.1) is 29.1 Å². The van der Waals surface area contributed by atoms with Gasteiger partial charge in [0.15, 0.2) is 0 Å². The topological polar surface area (TPSA) is 392 Å². The number of phenols is 1. The summed E-state index contributed by atoms with van der Waals surface area (Å²) in [7, 11) is 0. The summed E-state index contributed by atoms with van der Waals surface area (Å²) >= 11 is 0. The van der Waals surface area contributed by atoms with Crippen LogP contribution in [0.3, 0.4) is 0 Å². The molecular formula is C59H100N12O13. The molecule has 1 aromatic carbocycles. The van der Waals surface area contributed by atoms with E-state index in [0.29, 0.717) is 31.2 Å². The highest BCUT2D eigenvalue weighted by Gasteiger charge is 2.42. The summed E-state index contributed by atoms with van der Waals surface area (Å²) < 4.78 is 0. The molecule has 474 valence electrons. The van der Waals surface area contributed by atoms with Crippen molar-refractivity contribution in [2.75, 3.05) is 13.1 Å². The van der Waals surface area contributed by atoms with Gasteiger partial charge in [-0.05, 0) is 125 Å². The number of carbonyl (C=O) groups excluding carboxylic acids is 11. The summed E-state index contributed by atoms with van der Waals surface area (Å²) in [6.45, 7) is 24.3. The summed E-state index contributed by atoms with van der Waals surface area (Å²) in [5.41, 5.74) is 11.2. The van der Waals surface area contributed by atoms with Crippen molar-refractivity contribution < 1.29 is 63.0 Å². The molecule has 0 unspecified atom stereocenters. The summed E-state index contributed by atoms with van der Waals surface area (Å²) in [5.74, 6) is -8.57. The van der Waals surface area contributed by atoms with Gasteiger partial charge in [-0.3, -0.25) is 52.7 Å². The minimum atomic E-state index is -1.57. The van der Waals surface area contributed by atoms with Crippen molar-refractivity contribution in [3.63, 3.8) is 0 Å². The predicted molar refractivity (Wildman–Crippen MR) is 316 cm³/mol. The van der Waals surface area contributed by atoms with E-state index in [4.69, 9.17) is 11.5 Å². The van der Waals surface area contributed by atoms with E-state index in [-0.39, 0.29) is 81.0 Å². The zero-order chi connectivity index (χ0) is 63.9. The van der Waals surface area contributed by atoms with Crippen LogP contribution < -0.4 is 59.3 Å². The second-order valence-corrected chi connectivity index (χ2v) is 25.1. The summed E-state index contributed by atoms with van der Waals surface area (Å²) in [6, 6.07) is -6.35. The molecule has 0 aromatic heterocycles. The minimum absolute atomic E-state index is 0.0129. The number of hydrogen-bond acceptors (Lipinski definition) is 14. The Morgan fingerprint density at radius 3 is 1.51 bits per heavy atom. The van der Waals surface area contributed by atoms with Gasteiger partial charge in [-0.2, -0.15) is 0 Å². The highest BCUT2D eigenvalue weighted by molar-refractivity contribution is 5.99. The number of aliphatic hydroxyl groups excluding tert-OH is 1. The van der Waals surface area contributed by atoms with Crippen LogP contribution in [0.5, 0.6) is 5.75 Å². The monoisotopic (exact) mass is 1180 g/mol. The highest BCUT2D eigenvalue weighted by atomic mass is 16.3. The first kappa shape index (κ1) is 73.2. The van der Waals surface area contributed by atoms with Crippen LogP contribution >= 0.6 is 0 Å². The van der Waals surface area contributed by atoms with Gasteiger partial charge in [0.2, 0.25) is 65.0 Å². The average molecular weight is 1190 g/mol. The molecule has 0 aliphatic carbocycles. The molecule has 0 saturated carbocycles. The fourth-order valence-electron chi connectivity index (χ4n) is 9.72. The molecule has 1 heterocycles. The number of amides is 11. The van der Waals surface area contributed by atoms with Crippen molar-refractivity contribution in [2.24, 2.45) is 40.6 Å². The quantitative estimate of drug-likeness (QED) is 0.0420. The Bertz CT molecular complexity index is 2390. The van der Waals surface area contributed by atoms with Crippen LogP contribution in [-0.2, 0) is 59.2 Å². The fourth-order valence-corrected chi connectivity index (χ4v) is 9.72. The molecule has 0 radical (unpaired) electrons. The Morgan fingerprint density at radius 2 is 1.04 bits per heavy atom. The van der Waals surface area contributed by atoms with Crippen molar-refractivity contribution in [1.82, 2.24) is 52.8 Å². The first-order chi connectivity index (χ1) is 39.0. The van der Waals surface area contributed by atoms with E-state index < -0.39 is 137 Å². The molecule has 1 aliphatic rings. The number of benzene rings is 1. The molecule has 1 aliphatic heterocycles. The second kappa shape index (κ2) is 34.8. The lowest BCUT2D eigenvalue weighted by atomic mass is 9.87. The number of nitrogens with two attached hydrogens (primary N) is 2. The summed E-state index contributed by atoms with van der Waals surface area (Å²) in [4.78, 5) is 152. The molecule has 11 atom stereocenters. The standard InChI is InChI=1S/C59H100N12O13/c1-31(2)26-41(63-37(11)73)52(78)62-35(9)50(76)65-42(27-32(3)4)53(79)64-40(18-15-16-24-60)51(77)67-44(29-38-20-22-39(74)23-21-38)55(81)66-43(28-33(5)6)54(80)68-45(30-59(12,13)14)56(82)70-48(36(10)72)58(84)71-25-17-19-46(71)57(83)69-47(34(7)8)49(61)75/h20-23,31-36,40-48,72,74H,15-19,24-30,60H2,1-14H3,(H2,61,75)(H,62,78)(H,63,73)(H,64,79)(H,65,76)(H,66,81)(H,67,77)(H,68,80)(H,69,83)(H,70,82)/t35-,36+,40-,41-,42-,43-,44-,45-,46-,47-,48-/m0/s1. The maximum atomic E-state index is 14.7. The van der Waals surface area contributed by atoms with Gasteiger partial charge in [0, 0.05) is 19.9 Å². The number of primary amides is 1. The Balaban J connectivity index is 2.51. The van der Waals surface area contributed by atoms with Crippen LogP contribution in [0.1, 0.15) is 160 Å². The predicted octanol–water partition coefficient (Wildman–Crippen LogP) is 0.554. The minimum Gasteiger partial charge on any atom is -0.508 e. The number of likely N-dealkylation sites (tertiary alicyclic amines) is 1. The molecule has 0 bridgehead atoms. The molecule has 25 heteroatoms. The van der Waals surface area contributed by atoms with Gasteiger partial charge in [-0.1, -0.05) is 88.3 Å². The second-order valence-electron chi connectivity index (χ2n) is 25.1. The normalized spacial score (nSPS) is 17.0. The van der Waals surface area contributed by atoms with Crippen molar-refractivity contribution in [3.05, 3.63) is 29.8 Å². The van der Waals surface area contributed by atoms with Crippen molar-refractivity contribution >= 4 is 65.0 Å². The number of unbranched alkanes of at least 4 members (excludes halogenated alkanes) is 1. The van der Waals surface area contributed by atoms with Gasteiger partial charge in [0.1, 0.15) is 66.2 Å². The number of hydrogen-bond donors (Lipinski definition) is 13. The van der Waals surface area contributed by atoms with Crippen molar-refractivity contribution in [3.8, 4) is 5.75 Å². The van der Waals surface area contributed by atoms with E-state index in [2.05, 4.69) is 47.9 Å². The number of phenolic OH excluding ortho intramolecular Hbond substituents is 1. The number of aliphatic hydroxyl groups is 1. The molecule has 11 amide bonds. The Morgan fingerprint density at radius 1 is 0.583 bits per heavy atom. The zero-order valence-corrected chi connectivity index (χ0v) is 51.9. The van der Waals surface area contributed by atoms with E-state index in [9.17, 15) is 63.0 Å². The molecule has 15 N–H and O–H groups in total. The van der Waals surface area contributed by atoms with Crippen molar-refractivity contribution in [2.45, 2.75) is 228 Å². The molecule has 84 heavy (non-hydrogen) atoms. The largest absolute Gasteiger partial charge is 0.508 e. The maximum absolute atomic E-state index is 14.7. The van der Waals surface area contributed by atoms with Crippen LogP contribution in [0.4, 0.5) is 0 Å². The SMILES string of the molecule is CC(=O)N[C@@H](CC(C)C)C(=O)N[C@@H](C)C(=O)N[C@@H](CC(C)C)C(=O)N[C@@H](CCCCN)C(=O)N[C@@H](Cc1ccc(O)cc1)C(=O)N[C@@H](CC(C)C)C(=O)N[C@@H](CC(C)(C)C)C(=O)N[C@H](C(=O)N1CCC[C@H]1C(=O)N[C@H](C(N)=O)C(C)C)[C@@H](C)O. The lowest BCUT2D eigenvalue weighted by Crippen LogP contribution is -2.62. The molecule has 0 spiro atoms. The molecule has 1 aromatic rings. The van der Waals surface area contributed by atoms with Gasteiger partial charge in [0.05, 0.1) is 6.10 Å². The third-order valence-electron chi connectivity index (χ3n) is 14.0. The highest BCUT2D eigenvalue weighted by Crippen LogP contribution is 2.24. The Kier molecular flexibility index (Phi) is 30.3. The smallest absolute Gasteiger partial charge is 0.248 e. The van der Waals surface area contributed by atoms with Crippen LogP contribution in [0.25, 0.3) is 0 Å². The summed E-state index contributed by atoms with van der Waals surface area (Å²) in [5, 5.41) is 45.3. The van der Waals surface area contributed by atoms with Crippen molar-refractivity contribution in [1.29, 1.82) is 0 Å². The molecule has 25 nitrogen and oxygen atoms in total. The number of carbonyl (C=O) groups is 11. The maximum Gasteiger partial charge on any atom is 0.248 e. The lowest BCUT2D eigenvalue weighted by Gasteiger charge is -2.33. The number of nitrogens with one attached hydrogen (secondary N) is 9. The lowest BCUT2D eigenvalue weighted by molar-refractivity contribution is -0.145. The van der Waals surface area contributed by atoms with E-state index >= 15 is 0 Å². The van der Waals surface area contributed by atoms with Crippen LogP contribution in [-0.4, -0.2) is 160 Å². The van der Waals surface area contributed by atoms with Gasteiger partial charge in [-0.25, -0.2) is 0 Å². The number of aromatic hydroxyl groups is 1. The van der Waals surface area contributed by atoms with E-state index in [1.54, 1.807) is 39.8 Å². The van der Waals surface area contributed by atoms with Crippen LogP contribution in [0.15, 0.2) is 24.3 Å². The summed E-state index contributed by atoms with van der Waals surface area (Å²) in [6.07, 6.45) is 0.375. The van der Waals surface area contributed by atoms with Gasteiger partial charge >= 0.3 is 0 Å². The van der Waals surface area contributed by atoms with Gasteiger partial charge < -0.3 is 74.4 Å². The van der Waals surface area contributed by atoms with Gasteiger partial charge in [-0.15, -0.1) is 0 Å². The Hall–Kier alpha value is -6.89. The Labute approximate surface area is 496 Å². The number of nitrogens with zero attached hydrogens (tertiary/aromatic N) is 1. The third-order valence-corrected chi connectivity index (χ3v) is 14.0. The molecule has 1 fully saturated rings. The van der Waals surface area contributed by atoms with Crippen LogP contribution in [0.2, 0.25) is 0 Å². The third kappa shape index (κ3) is 25.5. The molecule has 1 saturated heterocycles. The average Bonchev–Trinajstić information content (AvgIpc) is 4.11. The van der Waals surface area contributed by atoms with E-state index in [0.717, 1.165) is 0 Å².